The Morgan fingerprint density at radius 1 is 0.413 bits per heavy atom. The van der Waals surface area contributed by atoms with Crippen LogP contribution in [0.1, 0.15) is 0 Å². The summed E-state index contributed by atoms with van der Waals surface area (Å²) in [6, 6.07) is 53.9. The first-order valence-corrected chi connectivity index (χ1v) is 15.3. The van der Waals surface area contributed by atoms with Crippen LogP contribution < -0.4 is 0 Å². The number of benzene rings is 6. The van der Waals surface area contributed by atoms with Gasteiger partial charge in [0.2, 0.25) is 5.95 Å². The van der Waals surface area contributed by atoms with E-state index in [1.165, 1.54) is 0 Å². The van der Waals surface area contributed by atoms with E-state index < -0.39 is 0 Å². The Labute approximate surface area is 265 Å². The lowest BCUT2D eigenvalue weighted by atomic mass is 10.0. The summed E-state index contributed by atoms with van der Waals surface area (Å²) >= 11 is 0. The van der Waals surface area contributed by atoms with E-state index in [1.54, 1.807) is 0 Å². The summed E-state index contributed by atoms with van der Waals surface area (Å²) in [5, 5.41) is 2.02. The van der Waals surface area contributed by atoms with Crippen LogP contribution in [0.4, 0.5) is 0 Å². The molecule has 0 N–H and O–H groups in total. The lowest BCUT2D eigenvalue weighted by molar-refractivity contribution is 0.672. The van der Waals surface area contributed by atoms with Crippen LogP contribution in [0, 0.1) is 0 Å². The molecule has 0 aliphatic carbocycles. The molecule has 0 spiro atoms. The lowest BCUT2D eigenvalue weighted by Gasteiger charge is -2.12. The number of para-hydroxylation sites is 2. The number of rotatable bonds is 5. The fraction of sp³-hybridized carbons (Fsp3) is 0. The first-order valence-electron chi connectivity index (χ1n) is 15.3. The summed E-state index contributed by atoms with van der Waals surface area (Å²) in [6.07, 6.45) is 0. The van der Waals surface area contributed by atoms with Crippen molar-refractivity contribution in [3.63, 3.8) is 0 Å². The molecule has 9 aromatic rings. The second-order valence-electron chi connectivity index (χ2n) is 11.3. The average molecular weight is 591 g/mol. The van der Waals surface area contributed by atoms with Crippen molar-refractivity contribution in [3.05, 3.63) is 158 Å². The van der Waals surface area contributed by atoms with Crippen LogP contribution in [0.2, 0.25) is 0 Å². The molecule has 0 bridgehead atoms. The molecule has 216 valence electrons. The Hall–Kier alpha value is -6.33. The van der Waals surface area contributed by atoms with E-state index in [2.05, 4.69) is 120 Å². The first-order chi connectivity index (χ1) is 22.8. The molecule has 0 aliphatic heterocycles. The largest absolute Gasteiger partial charge is 0.454 e. The van der Waals surface area contributed by atoms with Crippen molar-refractivity contribution < 1.29 is 4.42 Å². The van der Waals surface area contributed by atoms with E-state index in [0.29, 0.717) is 17.6 Å². The van der Waals surface area contributed by atoms with Gasteiger partial charge in [-0.1, -0.05) is 121 Å². The molecule has 0 aliphatic rings. The van der Waals surface area contributed by atoms with Gasteiger partial charge in [0.1, 0.15) is 11.1 Å². The molecule has 5 nitrogen and oxygen atoms in total. The van der Waals surface area contributed by atoms with E-state index in [9.17, 15) is 0 Å². The maximum absolute atomic E-state index is 6.44. The minimum absolute atomic E-state index is 0.535. The zero-order valence-electron chi connectivity index (χ0n) is 24.7. The predicted molar refractivity (Wildman–Crippen MR) is 186 cm³/mol. The third-order valence-corrected chi connectivity index (χ3v) is 8.46. The fourth-order valence-corrected chi connectivity index (χ4v) is 6.29. The van der Waals surface area contributed by atoms with Gasteiger partial charge in [0.15, 0.2) is 17.2 Å². The Kier molecular flexibility index (Phi) is 6.06. The van der Waals surface area contributed by atoms with Gasteiger partial charge >= 0.3 is 0 Å². The van der Waals surface area contributed by atoms with Gasteiger partial charge in [-0.15, -0.1) is 0 Å². The maximum atomic E-state index is 6.44. The van der Waals surface area contributed by atoms with Crippen molar-refractivity contribution in [1.82, 2.24) is 19.5 Å². The number of furan rings is 1. The lowest BCUT2D eigenvalue weighted by Crippen LogP contribution is -2.06. The predicted octanol–water partition coefficient (Wildman–Crippen LogP) is 10.4. The summed E-state index contributed by atoms with van der Waals surface area (Å²) in [6.45, 7) is 0. The molecule has 3 heterocycles. The second kappa shape index (κ2) is 10.7. The number of hydrogen-bond acceptors (Lipinski definition) is 4. The normalized spacial score (nSPS) is 11.5. The minimum Gasteiger partial charge on any atom is -0.454 e. The highest BCUT2D eigenvalue weighted by Gasteiger charge is 2.22. The second-order valence-corrected chi connectivity index (χ2v) is 11.3. The summed E-state index contributed by atoms with van der Waals surface area (Å²) < 4.78 is 8.55. The van der Waals surface area contributed by atoms with Gasteiger partial charge in [-0.3, -0.25) is 4.57 Å². The van der Waals surface area contributed by atoms with E-state index >= 15 is 0 Å². The van der Waals surface area contributed by atoms with Crippen LogP contribution in [0.15, 0.2) is 162 Å². The van der Waals surface area contributed by atoms with Gasteiger partial charge in [0.05, 0.1) is 5.52 Å². The van der Waals surface area contributed by atoms with Crippen LogP contribution >= 0.6 is 0 Å². The molecule has 5 heteroatoms. The first kappa shape index (κ1) is 26.1. The Bertz CT molecular complexity index is 2420. The maximum Gasteiger partial charge on any atom is 0.238 e. The van der Waals surface area contributed by atoms with Gasteiger partial charge in [-0.2, -0.15) is 9.97 Å². The minimum atomic E-state index is 0.535. The molecule has 3 aromatic heterocycles. The van der Waals surface area contributed by atoms with Gasteiger partial charge in [-0.25, -0.2) is 4.98 Å². The molecule has 0 amide bonds. The highest BCUT2D eigenvalue weighted by molar-refractivity contribution is 6.16. The quantitative estimate of drug-likeness (QED) is 0.200. The number of nitrogens with zero attached hydrogens (tertiary/aromatic N) is 4. The molecule has 6 aromatic carbocycles. The fourth-order valence-electron chi connectivity index (χ4n) is 6.29. The highest BCUT2D eigenvalue weighted by Crippen LogP contribution is 2.38. The standard InChI is InChI=1S/C41H26N4O/c1-3-13-27(14-4-1)29-17-11-19-31(25-29)39-42-40(32-20-12-18-30(26-32)28-15-5-2-6-16-28)44-41(43-39)45-35-23-9-7-21-33(35)38-37(45)34-22-8-10-24-36(34)46-38/h1-26H. The van der Waals surface area contributed by atoms with Crippen LogP contribution in [0.25, 0.3) is 83.9 Å². The summed E-state index contributed by atoms with van der Waals surface area (Å²) in [4.78, 5) is 15.4. The van der Waals surface area contributed by atoms with Crippen LogP contribution in [-0.4, -0.2) is 19.5 Å². The van der Waals surface area contributed by atoms with E-state index in [1.807, 2.05) is 42.5 Å². The van der Waals surface area contributed by atoms with Gasteiger partial charge < -0.3 is 4.42 Å². The van der Waals surface area contributed by atoms with Crippen molar-refractivity contribution in [2.45, 2.75) is 0 Å². The molecule has 0 saturated carbocycles. The van der Waals surface area contributed by atoms with Crippen molar-refractivity contribution in [2.24, 2.45) is 0 Å². The van der Waals surface area contributed by atoms with Crippen LogP contribution in [0.3, 0.4) is 0 Å². The summed E-state index contributed by atoms with van der Waals surface area (Å²) in [5.74, 6) is 1.73. The highest BCUT2D eigenvalue weighted by atomic mass is 16.3. The zero-order chi connectivity index (χ0) is 30.5. The molecule has 0 unspecified atom stereocenters. The monoisotopic (exact) mass is 590 g/mol. The Morgan fingerprint density at radius 3 is 1.54 bits per heavy atom. The van der Waals surface area contributed by atoms with Crippen LogP contribution in [-0.2, 0) is 0 Å². The number of aromatic nitrogens is 4. The van der Waals surface area contributed by atoms with Gasteiger partial charge in [0.25, 0.3) is 0 Å². The molecule has 9 rings (SSSR count). The molecule has 0 atom stereocenters. The van der Waals surface area contributed by atoms with Gasteiger partial charge in [-0.05, 0) is 58.7 Å². The Morgan fingerprint density at radius 2 is 0.913 bits per heavy atom. The summed E-state index contributed by atoms with van der Waals surface area (Å²) in [5.41, 5.74) is 9.85. The molecular formula is C41H26N4O. The van der Waals surface area contributed by atoms with E-state index in [-0.39, 0.29) is 0 Å². The Balaban J connectivity index is 1.32. The van der Waals surface area contributed by atoms with E-state index in [4.69, 9.17) is 19.4 Å². The molecule has 46 heavy (non-hydrogen) atoms. The van der Waals surface area contributed by atoms with E-state index in [0.717, 1.165) is 66.4 Å². The molecule has 0 fully saturated rings. The van der Waals surface area contributed by atoms with Crippen molar-refractivity contribution >= 4 is 33.0 Å². The number of fused-ring (bicyclic) bond motifs is 5. The molecular weight excluding hydrogens is 564 g/mol. The van der Waals surface area contributed by atoms with Crippen LogP contribution in [0.5, 0.6) is 0 Å². The zero-order valence-corrected chi connectivity index (χ0v) is 24.7. The third-order valence-electron chi connectivity index (χ3n) is 8.46. The van der Waals surface area contributed by atoms with Crippen molar-refractivity contribution in [1.29, 1.82) is 0 Å². The van der Waals surface area contributed by atoms with Gasteiger partial charge in [0, 0.05) is 21.9 Å². The molecule has 0 saturated heterocycles. The van der Waals surface area contributed by atoms with Crippen molar-refractivity contribution in [2.75, 3.05) is 0 Å². The smallest absolute Gasteiger partial charge is 0.238 e. The SMILES string of the molecule is c1ccc(-c2cccc(-c3nc(-c4cccc(-c5ccccc5)c4)nc(-n4c5ccccc5c5oc6ccccc6c54)n3)c2)cc1. The summed E-state index contributed by atoms with van der Waals surface area (Å²) in [7, 11) is 0. The topological polar surface area (TPSA) is 56.7 Å². The molecule has 0 radical (unpaired) electrons. The third kappa shape index (κ3) is 4.37. The number of hydrogen-bond donors (Lipinski definition) is 0. The average Bonchev–Trinajstić information content (AvgIpc) is 3.67. The van der Waals surface area contributed by atoms with Crippen molar-refractivity contribution in [3.8, 4) is 51.0 Å².